The number of nitrogens with zero attached hydrogens (tertiary/aromatic N) is 5. The lowest BCUT2D eigenvalue weighted by Gasteiger charge is -2.00. The summed E-state index contributed by atoms with van der Waals surface area (Å²) in [5.41, 5.74) is 1.53. The lowest BCUT2D eigenvalue weighted by atomic mass is 10.3. The van der Waals surface area contributed by atoms with E-state index in [0.717, 1.165) is 17.8 Å². The van der Waals surface area contributed by atoms with Crippen LogP contribution >= 0.6 is 0 Å². The Bertz CT molecular complexity index is 585. The average Bonchev–Trinajstić information content (AvgIpc) is 2.82. The molecule has 18 heavy (non-hydrogen) atoms. The van der Waals surface area contributed by atoms with Gasteiger partial charge in [0.1, 0.15) is 6.20 Å². The van der Waals surface area contributed by atoms with Crippen molar-refractivity contribution in [3.05, 3.63) is 28.2 Å². The monoisotopic (exact) mass is 250 g/mol. The summed E-state index contributed by atoms with van der Waals surface area (Å²) < 4.78 is 3.07. The van der Waals surface area contributed by atoms with E-state index in [-0.39, 0.29) is 11.5 Å². The van der Waals surface area contributed by atoms with Crippen LogP contribution in [-0.4, -0.2) is 24.5 Å². The Labute approximate surface area is 103 Å². The average molecular weight is 250 g/mol. The van der Waals surface area contributed by atoms with Crippen LogP contribution in [-0.2, 0) is 20.5 Å². The fourth-order valence-electron chi connectivity index (χ4n) is 1.73. The predicted octanol–water partition coefficient (Wildman–Crippen LogP) is 1.37. The van der Waals surface area contributed by atoms with Crippen molar-refractivity contribution in [2.45, 2.75) is 13.3 Å². The van der Waals surface area contributed by atoms with Crippen LogP contribution in [0.4, 0.5) is 17.2 Å². The van der Waals surface area contributed by atoms with Gasteiger partial charge in [-0.05, 0) is 6.42 Å². The SMILES string of the molecule is CCc1nn(C)cc1Nc1nn(C)cc1[N+](=O)[O-]. The zero-order chi connectivity index (χ0) is 13.3. The van der Waals surface area contributed by atoms with Crippen molar-refractivity contribution >= 4 is 17.2 Å². The molecule has 2 aromatic rings. The maximum atomic E-state index is 10.9. The number of nitro groups is 1. The highest BCUT2D eigenvalue weighted by molar-refractivity contribution is 5.65. The summed E-state index contributed by atoms with van der Waals surface area (Å²) >= 11 is 0. The van der Waals surface area contributed by atoms with Gasteiger partial charge in [-0.2, -0.15) is 5.10 Å². The predicted molar refractivity (Wildman–Crippen MR) is 65.7 cm³/mol. The summed E-state index contributed by atoms with van der Waals surface area (Å²) in [7, 11) is 3.44. The first-order chi connectivity index (χ1) is 8.51. The van der Waals surface area contributed by atoms with Crippen molar-refractivity contribution in [1.82, 2.24) is 19.6 Å². The van der Waals surface area contributed by atoms with E-state index in [1.807, 2.05) is 6.92 Å². The van der Waals surface area contributed by atoms with Crippen LogP contribution in [0.5, 0.6) is 0 Å². The van der Waals surface area contributed by atoms with Gasteiger partial charge in [-0.1, -0.05) is 6.92 Å². The number of aryl methyl sites for hydroxylation is 3. The third-order valence-electron chi connectivity index (χ3n) is 2.50. The maximum Gasteiger partial charge on any atom is 0.331 e. The molecule has 0 amide bonds. The van der Waals surface area contributed by atoms with Gasteiger partial charge in [-0.3, -0.25) is 19.5 Å². The van der Waals surface area contributed by atoms with Gasteiger partial charge in [-0.15, -0.1) is 5.10 Å². The van der Waals surface area contributed by atoms with Gasteiger partial charge < -0.3 is 5.32 Å². The second-order valence-electron chi connectivity index (χ2n) is 3.94. The molecular formula is C10H14N6O2. The zero-order valence-electron chi connectivity index (χ0n) is 10.4. The van der Waals surface area contributed by atoms with Crippen LogP contribution in [0.25, 0.3) is 0 Å². The van der Waals surface area contributed by atoms with Crippen LogP contribution in [0, 0.1) is 10.1 Å². The van der Waals surface area contributed by atoms with E-state index < -0.39 is 4.92 Å². The second-order valence-corrected chi connectivity index (χ2v) is 3.94. The molecule has 2 rings (SSSR count). The molecule has 0 saturated carbocycles. The minimum absolute atomic E-state index is 0.0524. The number of nitrogens with one attached hydrogen (secondary N) is 1. The Morgan fingerprint density at radius 3 is 2.61 bits per heavy atom. The Morgan fingerprint density at radius 2 is 2.00 bits per heavy atom. The van der Waals surface area contributed by atoms with Gasteiger partial charge in [0.2, 0.25) is 5.82 Å². The highest BCUT2D eigenvalue weighted by Crippen LogP contribution is 2.26. The number of hydrogen-bond acceptors (Lipinski definition) is 5. The molecule has 0 radical (unpaired) electrons. The minimum atomic E-state index is -0.461. The Hall–Kier alpha value is -2.38. The first kappa shape index (κ1) is 12.1. The third-order valence-corrected chi connectivity index (χ3v) is 2.50. The smallest absolute Gasteiger partial charge is 0.330 e. The lowest BCUT2D eigenvalue weighted by molar-refractivity contribution is -0.384. The third kappa shape index (κ3) is 2.17. The topological polar surface area (TPSA) is 90.8 Å². The maximum absolute atomic E-state index is 10.9. The molecule has 1 N–H and O–H groups in total. The number of aromatic nitrogens is 4. The van der Waals surface area contributed by atoms with Crippen LogP contribution in [0.3, 0.4) is 0 Å². The van der Waals surface area contributed by atoms with E-state index in [2.05, 4.69) is 15.5 Å². The van der Waals surface area contributed by atoms with Gasteiger partial charge in [-0.25, -0.2) is 0 Å². The fraction of sp³-hybridized carbons (Fsp3) is 0.400. The molecule has 8 nitrogen and oxygen atoms in total. The van der Waals surface area contributed by atoms with E-state index in [4.69, 9.17) is 0 Å². The van der Waals surface area contributed by atoms with E-state index >= 15 is 0 Å². The van der Waals surface area contributed by atoms with Crippen LogP contribution in [0.15, 0.2) is 12.4 Å². The normalized spacial score (nSPS) is 10.6. The van der Waals surface area contributed by atoms with Crippen molar-refractivity contribution in [2.24, 2.45) is 14.1 Å². The van der Waals surface area contributed by atoms with Crippen molar-refractivity contribution in [2.75, 3.05) is 5.32 Å². The largest absolute Gasteiger partial charge is 0.331 e. The molecule has 0 aliphatic heterocycles. The Balaban J connectivity index is 2.36. The van der Waals surface area contributed by atoms with Gasteiger partial charge in [0.15, 0.2) is 0 Å². The summed E-state index contributed by atoms with van der Waals surface area (Å²) in [5.74, 6) is 0.227. The molecule has 0 aromatic carbocycles. The van der Waals surface area contributed by atoms with E-state index in [1.54, 1.807) is 25.0 Å². The van der Waals surface area contributed by atoms with Gasteiger partial charge in [0.25, 0.3) is 0 Å². The Morgan fingerprint density at radius 1 is 1.33 bits per heavy atom. The molecule has 0 bridgehead atoms. The molecule has 0 fully saturated rings. The molecule has 0 atom stereocenters. The van der Waals surface area contributed by atoms with E-state index in [9.17, 15) is 10.1 Å². The van der Waals surface area contributed by atoms with E-state index in [1.165, 1.54) is 10.9 Å². The van der Waals surface area contributed by atoms with Crippen molar-refractivity contribution in [1.29, 1.82) is 0 Å². The molecule has 0 aliphatic carbocycles. The molecule has 2 aromatic heterocycles. The zero-order valence-corrected chi connectivity index (χ0v) is 10.4. The van der Waals surface area contributed by atoms with Crippen LogP contribution in [0.1, 0.15) is 12.6 Å². The molecule has 0 saturated heterocycles. The summed E-state index contributed by atoms with van der Waals surface area (Å²) in [6.07, 6.45) is 3.88. The fourth-order valence-corrected chi connectivity index (χ4v) is 1.73. The molecule has 96 valence electrons. The van der Waals surface area contributed by atoms with Crippen molar-refractivity contribution in [3.63, 3.8) is 0 Å². The number of anilines is 2. The van der Waals surface area contributed by atoms with Crippen molar-refractivity contribution in [3.8, 4) is 0 Å². The van der Waals surface area contributed by atoms with E-state index in [0.29, 0.717) is 0 Å². The van der Waals surface area contributed by atoms with Gasteiger partial charge in [0.05, 0.1) is 16.3 Å². The van der Waals surface area contributed by atoms with Gasteiger partial charge >= 0.3 is 5.69 Å². The summed E-state index contributed by atoms with van der Waals surface area (Å²) in [6.45, 7) is 1.97. The quantitative estimate of drug-likeness (QED) is 0.653. The summed E-state index contributed by atoms with van der Waals surface area (Å²) in [6, 6.07) is 0. The summed E-state index contributed by atoms with van der Waals surface area (Å²) in [5, 5.41) is 22.1. The summed E-state index contributed by atoms with van der Waals surface area (Å²) in [4.78, 5) is 10.4. The molecule has 0 aliphatic rings. The standard InChI is InChI=1S/C10H14N6O2/c1-4-7-8(5-14(2)12-7)11-10-9(16(17)18)6-15(3)13-10/h5-6H,4H2,1-3H3,(H,11,13). The van der Waals surface area contributed by atoms with Crippen LogP contribution < -0.4 is 5.32 Å². The first-order valence-corrected chi connectivity index (χ1v) is 5.48. The molecule has 2 heterocycles. The number of rotatable bonds is 4. The molecular weight excluding hydrogens is 236 g/mol. The molecule has 0 unspecified atom stereocenters. The lowest BCUT2D eigenvalue weighted by Crippen LogP contribution is -1.97. The second kappa shape index (κ2) is 4.47. The highest BCUT2D eigenvalue weighted by Gasteiger charge is 2.20. The molecule has 8 heteroatoms. The minimum Gasteiger partial charge on any atom is -0.330 e. The Kier molecular flexibility index (Phi) is 3.00. The number of hydrogen-bond donors (Lipinski definition) is 1. The van der Waals surface area contributed by atoms with Crippen LogP contribution in [0.2, 0.25) is 0 Å². The highest BCUT2D eigenvalue weighted by atomic mass is 16.6. The van der Waals surface area contributed by atoms with Gasteiger partial charge in [0, 0.05) is 20.3 Å². The van der Waals surface area contributed by atoms with Crippen molar-refractivity contribution < 1.29 is 4.92 Å². The molecule has 0 spiro atoms. The first-order valence-electron chi connectivity index (χ1n) is 5.48.